The molecule has 1 aliphatic rings. The third-order valence-corrected chi connectivity index (χ3v) is 4.37. The van der Waals surface area contributed by atoms with Gasteiger partial charge in [-0.2, -0.15) is 0 Å². The third-order valence-electron chi connectivity index (χ3n) is 4.37. The van der Waals surface area contributed by atoms with Gasteiger partial charge in [0, 0.05) is 24.2 Å². The fraction of sp³-hybridized carbons (Fsp3) is 0.667. The molecular formula is C18H29FN2. The Kier molecular flexibility index (Phi) is 4.92. The number of rotatable bonds is 4. The van der Waals surface area contributed by atoms with Crippen LogP contribution < -0.4 is 10.2 Å². The Balaban J connectivity index is 2.15. The van der Waals surface area contributed by atoms with Crippen molar-refractivity contribution in [1.82, 2.24) is 5.32 Å². The van der Waals surface area contributed by atoms with E-state index in [1.165, 1.54) is 6.42 Å². The van der Waals surface area contributed by atoms with Gasteiger partial charge >= 0.3 is 0 Å². The fourth-order valence-corrected chi connectivity index (χ4v) is 3.14. The van der Waals surface area contributed by atoms with E-state index in [1.807, 2.05) is 6.07 Å². The Bertz CT molecular complexity index is 479. The summed E-state index contributed by atoms with van der Waals surface area (Å²) in [4.78, 5) is 2.27. The molecule has 1 aromatic carbocycles. The summed E-state index contributed by atoms with van der Waals surface area (Å²) in [5.74, 6) is -0.0876. The van der Waals surface area contributed by atoms with E-state index >= 15 is 0 Å². The number of anilines is 1. The molecule has 1 fully saturated rings. The molecule has 1 aliphatic heterocycles. The zero-order chi connectivity index (χ0) is 15.6. The van der Waals surface area contributed by atoms with Crippen molar-refractivity contribution in [2.75, 3.05) is 4.90 Å². The maximum absolute atomic E-state index is 14.5. The Hall–Kier alpha value is -1.09. The molecule has 3 heteroatoms. The van der Waals surface area contributed by atoms with Gasteiger partial charge in [-0.15, -0.1) is 0 Å². The summed E-state index contributed by atoms with van der Waals surface area (Å²) in [6, 6.07) is 6.61. The first kappa shape index (κ1) is 16.3. The lowest BCUT2D eigenvalue weighted by Crippen LogP contribution is -2.35. The normalized spacial score (nSPS) is 22.9. The van der Waals surface area contributed by atoms with Crippen LogP contribution in [0.1, 0.15) is 59.4 Å². The van der Waals surface area contributed by atoms with Crippen molar-refractivity contribution in [3.05, 3.63) is 29.6 Å². The third kappa shape index (κ3) is 3.97. The van der Waals surface area contributed by atoms with Gasteiger partial charge in [0.2, 0.25) is 0 Å². The monoisotopic (exact) mass is 292 g/mol. The molecule has 1 N–H and O–H groups in total. The molecule has 118 valence electrons. The highest BCUT2D eigenvalue weighted by molar-refractivity contribution is 5.52. The number of nitrogens with zero attached hydrogens (tertiary/aromatic N) is 1. The molecule has 1 heterocycles. The van der Waals surface area contributed by atoms with Crippen LogP contribution in [0.15, 0.2) is 18.2 Å². The minimum atomic E-state index is -0.0876. The molecule has 2 rings (SSSR count). The van der Waals surface area contributed by atoms with E-state index < -0.39 is 0 Å². The lowest BCUT2D eigenvalue weighted by Gasteiger charge is -2.31. The lowest BCUT2D eigenvalue weighted by molar-refractivity contribution is 0.423. The molecule has 2 unspecified atom stereocenters. The van der Waals surface area contributed by atoms with Gasteiger partial charge in [-0.25, -0.2) is 4.39 Å². The van der Waals surface area contributed by atoms with E-state index in [9.17, 15) is 4.39 Å². The highest BCUT2D eigenvalue weighted by Crippen LogP contribution is 2.33. The van der Waals surface area contributed by atoms with E-state index in [1.54, 1.807) is 6.07 Å². The van der Waals surface area contributed by atoms with E-state index in [0.29, 0.717) is 18.6 Å². The molecule has 1 saturated heterocycles. The second-order valence-corrected chi connectivity index (χ2v) is 7.29. The first-order chi connectivity index (χ1) is 9.81. The molecular weight excluding hydrogens is 263 g/mol. The van der Waals surface area contributed by atoms with Crippen LogP contribution in [0.3, 0.4) is 0 Å². The van der Waals surface area contributed by atoms with Crippen LogP contribution in [-0.2, 0) is 6.54 Å². The van der Waals surface area contributed by atoms with Crippen LogP contribution in [0.2, 0.25) is 0 Å². The van der Waals surface area contributed by atoms with Gasteiger partial charge < -0.3 is 10.2 Å². The first-order valence-electron chi connectivity index (χ1n) is 8.13. The quantitative estimate of drug-likeness (QED) is 0.880. The zero-order valence-electron chi connectivity index (χ0n) is 14.0. The molecule has 0 amide bonds. The SMILES string of the molecule is CCC1CCC(C)N1c1ccc(CNC(C)(C)C)cc1F. The van der Waals surface area contributed by atoms with Gasteiger partial charge in [-0.3, -0.25) is 0 Å². The van der Waals surface area contributed by atoms with Crippen LogP contribution in [0.5, 0.6) is 0 Å². The molecule has 1 aromatic rings. The van der Waals surface area contributed by atoms with Crippen molar-refractivity contribution in [3.63, 3.8) is 0 Å². The van der Waals surface area contributed by atoms with E-state index in [4.69, 9.17) is 0 Å². The molecule has 21 heavy (non-hydrogen) atoms. The lowest BCUT2D eigenvalue weighted by atomic mass is 10.1. The highest BCUT2D eigenvalue weighted by atomic mass is 19.1. The number of nitrogens with one attached hydrogen (secondary N) is 1. The topological polar surface area (TPSA) is 15.3 Å². The number of halogens is 1. The van der Waals surface area contributed by atoms with Gasteiger partial charge in [0.05, 0.1) is 5.69 Å². The van der Waals surface area contributed by atoms with E-state index in [2.05, 4.69) is 50.9 Å². The summed E-state index contributed by atoms with van der Waals surface area (Å²) < 4.78 is 14.5. The molecule has 2 atom stereocenters. The summed E-state index contributed by atoms with van der Waals surface area (Å²) in [5.41, 5.74) is 1.82. The number of benzene rings is 1. The predicted octanol–water partition coefficient (Wildman–Crippen LogP) is 4.48. The predicted molar refractivity (Wildman–Crippen MR) is 88.2 cm³/mol. The van der Waals surface area contributed by atoms with E-state index in [0.717, 1.165) is 24.1 Å². The van der Waals surface area contributed by atoms with Crippen LogP contribution in [-0.4, -0.2) is 17.6 Å². The first-order valence-corrected chi connectivity index (χ1v) is 8.13. The molecule has 0 radical (unpaired) electrons. The Morgan fingerprint density at radius 1 is 1.29 bits per heavy atom. The molecule has 0 saturated carbocycles. The van der Waals surface area contributed by atoms with Crippen LogP contribution in [0, 0.1) is 5.82 Å². The summed E-state index contributed by atoms with van der Waals surface area (Å²) in [6.07, 6.45) is 3.41. The maximum Gasteiger partial charge on any atom is 0.146 e. The Morgan fingerprint density at radius 2 is 2.00 bits per heavy atom. The molecule has 0 aliphatic carbocycles. The fourth-order valence-electron chi connectivity index (χ4n) is 3.14. The van der Waals surface area contributed by atoms with Crippen molar-refractivity contribution in [1.29, 1.82) is 0 Å². The van der Waals surface area contributed by atoms with Crippen molar-refractivity contribution >= 4 is 5.69 Å². The second kappa shape index (κ2) is 6.35. The largest absolute Gasteiger partial charge is 0.363 e. The minimum absolute atomic E-state index is 0.0475. The van der Waals surface area contributed by atoms with Crippen molar-refractivity contribution in [3.8, 4) is 0 Å². The van der Waals surface area contributed by atoms with Gasteiger partial charge in [-0.1, -0.05) is 13.0 Å². The van der Waals surface area contributed by atoms with E-state index in [-0.39, 0.29) is 11.4 Å². The Morgan fingerprint density at radius 3 is 2.57 bits per heavy atom. The smallest absolute Gasteiger partial charge is 0.146 e. The summed E-state index contributed by atoms with van der Waals surface area (Å²) in [5, 5.41) is 3.40. The average Bonchev–Trinajstić information content (AvgIpc) is 2.77. The standard InChI is InChI=1S/C18H29FN2/c1-6-15-9-7-13(2)21(15)17-10-8-14(11-16(17)19)12-20-18(3,4)5/h8,10-11,13,15,20H,6-7,9,12H2,1-5H3. The number of hydrogen-bond donors (Lipinski definition) is 1. The molecule has 0 bridgehead atoms. The molecule has 0 spiro atoms. The maximum atomic E-state index is 14.5. The summed E-state index contributed by atoms with van der Waals surface area (Å²) in [6.45, 7) is 11.5. The van der Waals surface area contributed by atoms with Crippen LogP contribution in [0.4, 0.5) is 10.1 Å². The number of hydrogen-bond acceptors (Lipinski definition) is 2. The Labute approximate surface area is 128 Å². The van der Waals surface area contributed by atoms with Gasteiger partial charge in [0.15, 0.2) is 0 Å². The average molecular weight is 292 g/mol. The van der Waals surface area contributed by atoms with Crippen LogP contribution >= 0.6 is 0 Å². The molecule has 2 nitrogen and oxygen atoms in total. The van der Waals surface area contributed by atoms with Crippen molar-refractivity contribution < 1.29 is 4.39 Å². The van der Waals surface area contributed by atoms with Gasteiger partial charge in [0.25, 0.3) is 0 Å². The van der Waals surface area contributed by atoms with Crippen molar-refractivity contribution in [2.45, 2.75) is 78.0 Å². The zero-order valence-corrected chi connectivity index (χ0v) is 14.0. The highest BCUT2D eigenvalue weighted by Gasteiger charge is 2.30. The summed E-state index contributed by atoms with van der Waals surface area (Å²) >= 11 is 0. The summed E-state index contributed by atoms with van der Waals surface area (Å²) in [7, 11) is 0. The van der Waals surface area contributed by atoms with Gasteiger partial charge in [0.1, 0.15) is 5.82 Å². The minimum Gasteiger partial charge on any atom is -0.363 e. The van der Waals surface area contributed by atoms with Crippen molar-refractivity contribution in [2.24, 2.45) is 0 Å². The van der Waals surface area contributed by atoms with Gasteiger partial charge in [-0.05, 0) is 64.7 Å². The molecule has 0 aromatic heterocycles. The van der Waals surface area contributed by atoms with Crippen LogP contribution in [0.25, 0.3) is 0 Å². The second-order valence-electron chi connectivity index (χ2n) is 7.29.